The number of nitrogens with one attached hydrogen (secondary N) is 2. The van der Waals surface area contributed by atoms with Crippen LogP contribution in [0.5, 0.6) is 0 Å². The van der Waals surface area contributed by atoms with Crippen molar-refractivity contribution >= 4 is 11.8 Å². The lowest BCUT2D eigenvalue weighted by Crippen LogP contribution is -2.38. The van der Waals surface area contributed by atoms with Gasteiger partial charge in [0.15, 0.2) is 5.16 Å². The van der Waals surface area contributed by atoms with E-state index in [-0.39, 0.29) is 5.56 Å². The predicted octanol–water partition coefficient (Wildman–Crippen LogP) is 1.19. The first kappa shape index (κ1) is 14.6. The second kappa shape index (κ2) is 7.07. The average molecular weight is 283 g/mol. The lowest BCUT2D eigenvalue weighted by molar-refractivity contribution is 0.179. The van der Waals surface area contributed by atoms with Crippen LogP contribution in [0.3, 0.4) is 0 Å². The molecule has 2 unspecified atom stereocenters. The van der Waals surface area contributed by atoms with Crippen molar-refractivity contribution in [2.75, 3.05) is 25.5 Å². The van der Waals surface area contributed by atoms with E-state index in [0.29, 0.717) is 17.1 Å². The molecule has 1 fully saturated rings. The van der Waals surface area contributed by atoms with Gasteiger partial charge in [-0.3, -0.25) is 4.79 Å². The monoisotopic (exact) mass is 283 g/mol. The van der Waals surface area contributed by atoms with Crippen molar-refractivity contribution in [3.63, 3.8) is 0 Å². The summed E-state index contributed by atoms with van der Waals surface area (Å²) in [5.74, 6) is 1.46. The molecular formula is C13H21N3O2S. The van der Waals surface area contributed by atoms with Gasteiger partial charge < -0.3 is 15.0 Å². The Balaban J connectivity index is 1.95. The lowest BCUT2D eigenvalue weighted by Gasteiger charge is -2.22. The third kappa shape index (κ3) is 4.33. The van der Waals surface area contributed by atoms with Gasteiger partial charge in [0.2, 0.25) is 0 Å². The first-order chi connectivity index (χ1) is 9.19. The first-order valence-electron chi connectivity index (χ1n) is 6.71. The zero-order chi connectivity index (χ0) is 13.7. The number of rotatable bonds is 6. The first-order valence-corrected chi connectivity index (χ1v) is 7.69. The Morgan fingerprint density at radius 3 is 3.16 bits per heavy atom. The van der Waals surface area contributed by atoms with Crippen LogP contribution in [0.4, 0.5) is 0 Å². The molecule has 2 heterocycles. The van der Waals surface area contributed by atoms with E-state index in [1.165, 1.54) is 6.07 Å². The van der Waals surface area contributed by atoms with Gasteiger partial charge in [-0.25, -0.2) is 4.98 Å². The molecule has 0 bridgehead atoms. The summed E-state index contributed by atoms with van der Waals surface area (Å²) in [6, 6.07) is 1.92. The molecule has 0 spiro atoms. The highest BCUT2D eigenvalue weighted by Crippen LogP contribution is 2.22. The molecule has 1 aliphatic heterocycles. The zero-order valence-corrected chi connectivity index (χ0v) is 12.3. The van der Waals surface area contributed by atoms with Crippen LogP contribution in [-0.2, 0) is 4.74 Å². The Kier molecular flexibility index (Phi) is 5.42. The number of nitrogens with zero attached hydrogens (tertiary/aromatic N) is 1. The summed E-state index contributed by atoms with van der Waals surface area (Å²) >= 11 is 1.60. The van der Waals surface area contributed by atoms with Gasteiger partial charge in [-0.2, -0.15) is 0 Å². The Hall–Kier alpha value is -0.850. The molecule has 0 radical (unpaired) electrons. The minimum Gasteiger partial charge on any atom is -0.381 e. The highest BCUT2D eigenvalue weighted by atomic mass is 32.2. The van der Waals surface area contributed by atoms with Crippen molar-refractivity contribution in [3.05, 3.63) is 22.1 Å². The minimum atomic E-state index is -0.0841. The molecule has 5 nitrogen and oxygen atoms in total. The maximum absolute atomic E-state index is 11.4. The molecule has 1 saturated heterocycles. The molecule has 0 amide bonds. The summed E-state index contributed by atoms with van der Waals surface area (Å²) in [4.78, 5) is 18.5. The number of H-pyrrole nitrogens is 1. The summed E-state index contributed by atoms with van der Waals surface area (Å²) in [5.41, 5.74) is 0.676. The lowest BCUT2D eigenvalue weighted by atomic mass is 10.0. The third-order valence-electron chi connectivity index (χ3n) is 3.25. The highest BCUT2D eigenvalue weighted by Gasteiger charge is 2.25. The van der Waals surface area contributed by atoms with Crippen LogP contribution < -0.4 is 10.9 Å². The highest BCUT2D eigenvalue weighted by molar-refractivity contribution is 7.99. The summed E-state index contributed by atoms with van der Waals surface area (Å²) < 4.78 is 5.45. The molecule has 19 heavy (non-hydrogen) atoms. The molecule has 0 aromatic carbocycles. The number of thioether (sulfide) groups is 1. The van der Waals surface area contributed by atoms with Gasteiger partial charge >= 0.3 is 0 Å². The van der Waals surface area contributed by atoms with Crippen molar-refractivity contribution in [1.82, 2.24) is 15.3 Å². The third-order valence-corrected chi connectivity index (χ3v) is 4.24. The Labute approximate surface area is 117 Å². The largest absolute Gasteiger partial charge is 0.381 e. The van der Waals surface area contributed by atoms with Crippen LogP contribution >= 0.6 is 11.8 Å². The van der Waals surface area contributed by atoms with Crippen molar-refractivity contribution in [2.24, 2.45) is 5.92 Å². The van der Waals surface area contributed by atoms with E-state index in [1.54, 1.807) is 11.8 Å². The maximum Gasteiger partial charge on any atom is 0.251 e. The topological polar surface area (TPSA) is 67.0 Å². The van der Waals surface area contributed by atoms with Crippen molar-refractivity contribution in [1.29, 1.82) is 0 Å². The second-order valence-electron chi connectivity index (χ2n) is 4.79. The van der Waals surface area contributed by atoms with Gasteiger partial charge in [-0.1, -0.05) is 18.7 Å². The molecule has 6 heteroatoms. The van der Waals surface area contributed by atoms with E-state index in [1.807, 2.05) is 6.92 Å². The molecule has 0 aliphatic carbocycles. The van der Waals surface area contributed by atoms with Crippen LogP contribution in [0.25, 0.3) is 0 Å². The van der Waals surface area contributed by atoms with Crippen LogP contribution in [0.1, 0.15) is 19.0 Å². The molecule has 0 saturated carbocycles. The Morgan fingerprint density at radius 1 is 1.68 bits per heavy atom. The van der Waals surface area contributed by atoms with Gasteiger partial charge in [-0.05, 0) is 19.9 Å². The summed E-state index contributed by atoms with van der Waals surface area (Å²) in [7, 11) is 0. The molecule has 2 atom stereocenters. The van der Waals surface area contributed by atoms with E-state index in [4.69, 9.17) is 4.74 Å². The van der Waals surface area contributed by atoms with Gasteiger partial charge in [0.25, 0.3) is 5.56 Å². The molecule has 1 aliphatic rings. The maximum atomic E-state index is 11.4. The standard InChI is InChI=1S/C13H21N3O2S/c1-3-14-11(10-4-5-18-7-10)8-19-13-15-9(2)6-12(17)16-13/h6,10-11,14H,3-5,7-8H2,1-2H3,(H,15,16,17). The van der Waals surface area contributed by atoms with Crippen LogP contribution in [0.15, 0.2) is 16.0 Å². The van der Waals surface area contributed by atoms with Crippen LogP contribution in [-0.4, -0.2) is 41.5 Å². The minimum absolute atomic E-state index is 0.0841. The molecule has 106 valence electrons. The Bertz CT molecular complexity index is 457. The number of hydrogen-bond acceptors (Lipinski definition) is 5. The van der Waals surface area contributed by atoms with E-state index in [9.17, 15) is 4.79 Å². The number of aromatic amines is 1. The molecule has 1 aromatic heterocycles. The molecule has 2 rings (SSSR count). The van der Waals surface area contributed by atoms with Crippen LogP contribution in [0.2, 0.25) is 0 Å². The van der Waals surface area contributed by atoms with E-state index in [0.717, 1.165) is 37.6 Å². The fraction of sp³-hybridized carbons (Fsp3) is 0.692. The number of ether oxygens (including phenoxy) is 1. The molecule has 1 aromatic rings. The van der Waals surface area contributed by atoms with Crippen LogP contribution in [0, 0.1) is 12.8 Å². The van der Waals surface area contributed by atoms with E-state index in [2.05, 4.69) is 22.2 Å². The zero-order valence-electron chi connectivity index (χ0n) is 11.4. The quantitative estimate of drug-likeness (QED) is 0.606. The average Bonchev–Trinajstić information content (AvgIpc) is 2.87. The van der Waals surface area contributed by atoms with Gasteiger partial charge in [-0.15, -0.1) is 0 Å². The summed E-state index contributed by atoms with van der Waals surface area (Å²) in [6.07, 6.45) is 1.11. The molecular weight excluding hydrogens is 262 g/mol. The number of aromatic nitrogens is 2. The number of aryl methyl sites for hydroxylation is 1. The van der Waals surface area contributed by atoms with Gasteiger partial charge in [0.1, 0.15) is 0 Å². The van der Waals surface area contributed by atoms with Crippen molar-refractivity contribution in [3.8, 4) is 0 Å². The fourth-order valence-corrected chi connectivity index (χ4v) is 3.39. The second-order valence-corrected chi connectivity index (χ2v) is 5.80. The predicted molar refractivity (Wildman–Crippen MR) is 76.7 cm³/mol. The summed E-state index contributed by atoms with van der Waals surface area (Å²) in [5, 5.41) is 4.20. The van der Waals surface area contributed by atoms with E-state index >= 15 is 0 Å². The van der Waals surface area contributed by atoms with Gasteiger partial charge in [0, 0.05) is 36.1 Å². The Morgan fingerprint density at radius 2 is 2.53 bits per heavy atom. The SMILES string of the molecule is CCNC(CSc1nc(C)cc(=O)[nH]1)C1CCOC1. The van der Waals surface area contributed by atoms with Crippen molar-refractivity contribution < 1.29 is 4.74 Å². The number of hydrogen-bond donors (Lipinski definition) is 2. The normalized spacial score (nSPS) is 20.6. The van der Waals surface area contributed by atoms with E-state index < -0.39 is 0 Å². The fourth-order valence-electron chi connectivity index (χ4n) is 2.28. The van der Waals surface area contributed by atoms with Gasteiger partial charge in [0.05, 0.1) is 6.61 Å². The molecule has 2 N–H and O–H groups in total. The smallest absolute Gasteiger partial charge is 0.251 e. The van der Waals surface area contributed by atoms with Crippen molar-refractivity contribution in [2.45, 2.75) is 31.5 Å². The summed E-state index contributed by atoms with van der Waals surface area (Å²) in [6.45, 7) is 6.58.